The van der Waals surface area contributed by atoms with Crippen molar-refractivity contribution in [2.24, 2.45) is 0 Å². The first kappa shape index (κ1) is 15.9. The van der Waals surface area contributed by atoms with E-state index in [-0.39, 0.29) is 5.91 Å². The number of benzene rings is 1. The summed E-state index contributed by atoms with van der Waals surface area (Å²) >= 11 is 7.47. The summed E-state index contributed by atoms with van der Waals surface area (Å²) < 4.78 is 4.88. The van der Waals surface area contributed by atoms with E-state index in [1.54, 1.807) is 11.8 Å². The van der Waals surface area contributed by atoms with Gasteiger partial charge in [0.05, 0.1) is 23.5 Å². The zero-order valence-electron chi connectivity index (χ0n) is 11.7. The van der Waals surface area contributed by atoms with E-state index in [0.717, 1.165) is 5.56 Å². The van der Waals surface area contributed by atoms with Crippen molar-refractivity contribution < 1.29 is 14.3 Å². The van der Waals surface area contributed by atoms with Crippen molar-refractivity contribution in [1.82, 2.24) is 4.90 Å². The molecule has 6 heteroatoms. The van der Waals surface area contributed by atoms with Crippen LogP contribution in [0.25, 0.3) is 0 Å². The van der Waals surface area contributed by atoms with Gasteiger partial charge < -0.3 is 9.64 Å². The summed E-state index contributed by atoms with van der Waals surface area (Å²) in [6, 6.07) is 7.55. The highest BCUT2D eigenvalue weighted by Gasteiger charge is 2.27. The van der Waals surface area contributed by atoms with E-state index in [2.05, 4.69) is 0 Å². The summed E-state index contributed by atoms with van der Waals surface area (Å²) in [6.07, 6.45) is 2.03. The van der Waals surface area contributed by atoms with Crippen molar-refractivity contribution in [3.8, 4) is 0 Å². The Bertz CT molecular complexity index is 574. The number of nitrogens with zero attached hydrogens (tertiary/aromatic N) is 1. The van der Waals surface area contributed by atoms with Crippen LogP contribution >= 0.6 is 23.4 Å². The van der Waals surface area contributed by atoms with Gasteiger partial charge in [-0.05, 0) is 25.0 Å². The Balaban J connectivity index is 2.04. The summed E-state index contributed by atoms with van der Waals surface area (Å²) in [5.74, 6) is -0.0617. The first-order valence-corrected chi connectivity index (χ1v) is 8.03. The summed E-state index contributed by atoms with van der Waals surface area (Å²) in [6.45, 7) is 2.57. The van der Waals surface area contributed by atoms with Crippen LogP contribution in [0.4, 0.5) is 0 Å². The third kappa shape index (κ3) is 4.25. The summed E-state index contributed by atoms with van der Waals surface area (Å²) in [5, 5.41) is 1.33. The van der Waals surface area contributed by atoms with Gasteiger partial charge in [-0.25, -0.2) is 4.79 Å². The monoisotopic (exact) mass is 325 g/mol. The lowest BCUT2D eigenvalue weighted by Crippen LogP contribution is -2.27. The predicted octanol–water partition coefficient (Wildman–Crippen LogP) is 2.86. The minimum absolute atomic E-state index is 0.00241. The van der Waals surface area contributed by atoms with Crippen molar-refractivity contribution in [2.45, 2.75) is 13.3 Å². The van der Waals surface area contributed by atoms with Crippen LogP contribution in [0.5, 0.6) is 0 Å². The molecule has 0 N–H and O–H groups in total. The second-order valence-corrected chi connectivity index (χ2v) is 5.81. The first-order valence-electron chi connectivity index (χ1n) is 6.67. The molecule has 0 atom stereocenters. The minimum Gasteiger partial charge on any atom is -0.463 e. The quantitative estimate of drug-likeness (QED) is 0.617. The lowest BCUT2D eigenvalue weighted by atomic mass is 10.1. The van der Waals surface area contributed by atoms with E-state index in [1.165, 1.54) is 17.8 Å². The molecule has 0 bridgehead atoms. The molecule has 0 aliphatic carbocycles. The van der Waals surface area contributed by atoms with Gasteiger partial charge >= 0.3 is 5.97 Å². The molecule has 1 fully saturated rings. The highest BCUT2D eigenvalue weighted by molar-refractivity contribution is 8.04. The van der Waals surface area contributed by atoms with E-state index in [0.29, 0.717) is 35.4 Å². The Morgan fingerprint density at radius 1 is 1.48 bits per heavy atom. The topological polar surface area (TPSA) is 46.6 Å². The van der Waals surface area contributed by atoms with Gasteiger partial charge in [-0.2, -0.15) is 0 Å². The fourth-order valence-electron chi connectivity index (χ4n) is 1.99. The minimum atomic E-state index is -0.419. The van der Waals surface area contributed by atoms with Crippen molar-refractivity contribution in [3.05, 3.63) is 46.0 Å². The van der Waals surface area contributed by atoms with Gasteiger partial charge in [0.15, 0.2) is 0 Å². The molecule has 112 valence electrons. The van der Waals surface area contributed by atoms with Crippen LogP contribution in [0, 0.1) is 0 Å². The van der Waals surface area contributed by atoms with E-state index >= 15 is 0 Å². The zero-order chi connectivity index (χ0) is 15.2. The molecule has 1 aliphatic rings. The number of amides is 1. The van der Waals surface area contributed by atoms with Gasteiger partial charge in [0.2, 0.25) is 5.91 Å². The number of thioether (sulfide) groups is 1. The van der Waals surface area contributed by atoms with Crippen LogP contribution in [-0.2, 0) is 20.7 Å². The third-order valence-corrected chi connectivity index (χ3v) is 4.40. The molecule has 4 nitrogen and oxygen atoms in total. The molecule has 21 heavy (non-hydrogen) atoms. The summed E-state index contributed by atoms with van der Waals surface area (Å²) in [5.41, 5.74) is 0.986. The van der Waals surface area contributed by atoms with Crippen LogP contribution in [0.1, 0.15) is 12.5 Å². The fourth-order valence-corrected chi connectivity index (χ4v) is 3.17. The Morgan fingerprint density at radius 3 is 2.95 bits per heavy atom. The maximum absolute atomic E-state index is 11.9. The van der Waals surface area contributed by atoms with E-state index in [4.69, 9.17) is 16.3 Å². The van der Waals surface area contributed by atoms with Gasteiger partial charge in [-0.3, -0.25) is 4.79 Å². The highest BCUT2D eigenvalue weighted by atomic mass is 35.5. The van der Waals surface area contributed by atoms with Crippen molar-refractivity contribution >= 4 is 35.2 Å². The van der Waals surface area contributed by atoms with Gasteiger partial charge in [0, 0.05) is 11.6 Å². The van der Waals surface area contributed by atoms with E-state index in [9.17, 15) is 9.59 Å². The molecule has 0 spiro atoms. The number of hydrogen-bond donors (Lipinski definition) is 0. The lowest BCUT2D eigenvalue weighted by molar-refractivity contribution is -0.137. The van der Waals surface area contributed by atoms with Crippen LogP contribution in [0.15, 0.2) is 35.4 Å². The van der Waals surface area contributed by atoms with Crippen molar-refractivity contribution in [1.29, 1.82) is 0 Å². The average molecular weight is 326 g/mol. The SMILES string of the molecule is CCOC(=O)C=C1SCC(=O)N1CCc1ccccc1Cl. The number of hydrogen-bond acceptors (Lipinski definition) is 4. The maximum Gasteiger partial charge on any atom is 0.333 e. The van der Waals surface area contributed by atoms with Crippen LogP contribution < -0.4 is 0 Å². The largest absolute Gasteiger partial charge is 0.463 e. The highest BCUT2D eigenvalue weighted by Crippen LogP contribution is 2.29. The molecular weight excluding hydrogens is 310 g/mol. The van der Waals surface area contributed by atoms with Gasteiger partial charge in [-0.1, -0.05) is 41.6 Å². The number of halogens is 1. The summed E-state index contributed by atoms with van der Waals surface area (Å²) in [4.78, 5) is 25.0. The molecule has 0 aromatic heterocycles. The molecule has 2 rings (SSSR count). The third-order valence-electron chi connectivity index (χ3n) is 3.00. The number of esters is 1. The molecule has 1 saturated heterocycles. The number of rotatable bonds is 5. The second kappa shape index (κ2) is 7.52. The van der Waals surface area contributed by atoms with Crippen LogP contribution in [0.3, 0.4) is 0 Å². The Kier molecular flexibility index (Phi) is 5.70. The van der Waals surface area contributed by atoms with Gasteiger partial charge in [0.1, 0.15) is 0 Å². The van der Waals surface area contributed by atoms with Gasteiger partial charge in [-0.15, -0.1) is 0 Å². The molecule has 1 heterocycles. The Labute approximate surface area is 133 Å². The van der Waals surface area contributed by atoms with Crippen molar-refractivity contribution in [3.63, 3.8) is 0 Å². The second-order valence-electron chi connectivity index (χ2n) is 4.41. The van der Waals surface area contributed by atoms with Gasteiger partial charge in [0.25, 0.3) is 0 Å². The number of ether oxygens (including phenoxy) is 1. The van der Waals surface area contributed by atoms with Crippen molar-refractivity contribution in [2.75, 3.05) is 18.9 Å². The smallest absolute Gasteiger partial charge is 0.333 e. The zero-order valence-corrected chi connectivity index (χ0v) is 13.2. The Morgan fingerprint density at radius 2 is 2.24 bits per heavy atom. The molecule has 1 aliphatic heterocycles. The molecule has 1 aromatic rings. The molecule has 0 saturated carbocycles. The molecule has 1 amide bonds. The number of carbonyl (C=O) groups is 2. The average Bonchev–Trinajstić information content (AvgIpc) is 2.79. The summed E-state index contributed by atoms with van der Waals surface area (Å²) in [7, 11) is 0. The standard InChI is InChI=1S/C15H16ClNO3S/c1-2-20-15(19)9-14-17(13(18)10-21-14)8-7-11-5-3-4-6-12(11)16/h3-6,9H,2,7-8,10H2,1H3. The molecule has 0 unspecified atom stereocenters. The maximum atomic E-state index is 11.9. The first-order chi connectivity index (χ1) is 10.1. The fraction of sp³-hybridized carbons (Fsp3) is 0.333. The molecular formula is C15H16ClNO3S. The van der Waals surface area contributed by atoms with Crippen LogP contribution in [0.2, 0.25) is 5.02 Å². The lowest BCUT2D eigenvalue weighted by Gasteiger charge is -2.17. The van der Waals surface area contributed by atoms with Crippen LogP contribution in [-0.4, -0.2) is 35.7 Å². The molecule has 0 radical (unpaired) electrons. The predicted molar refractivity (Wildman–Crippen MR) is 84.0 cm³/mol. The Hall–Kier alpha value is -1.46. The van der Waals surface area contributed by atoms with E-state index < -0.39 is 5.97 Å². The molecule has 1 aromatic carbocycles. The normalized spacial score (nSPS) is 16.6. The van der Waals surface area contributed by atoms with E-state index in [1.807, 2.05) is 24.3 Å². The number of carbonyl (C=O) groups excluding carboxylic acids is 2.